The van der Waals surface area contributed by atoms with Gasteiger partial charge in [-0.15, -0.1) is 0 Å². The Labute approximate surface area is 125 Å². The van der Waals surface area contributed by atoms with Gasteiger partial charge in [0, 0.05) is 23.6 Å². The van der Waals surface area contributed by atoms with Crippen LogP contribution in [0, 0.1) is 0 Å². The number of rotatable bonds is 2. The summed E-state index contributed by atoms with van der Waals surface area (Å²) in [6.07, 6.45) is 0. The molecule has 1 aliphatic rings. The van der Waals surface area contributed by atoms with Crippen LogP contribution in [0.2, 0.25) is 5.02 Å². The Hall–Kier alpha value is -1.24. The third kappa shape index (κ3) is 2.63. The molecule has 0 saturated carbocycles. The maximum absolute atomic E-state index is 9.43. The highest BCUT2D eigenvalue weighted by atomic mass is 35.5. The Morgan fingerprint density at radius 3 is 3.10 bits per heavy atom. The van der Waals surface area contributed by atoms with Gasteiger partial charge in [-0.1, -0.05) is 16.8 Å². The molecule has 1 aromatic heterocycles. The first-order valence-electron chi connectivity index (χ1n) is 6.25. The predicted octanol–water partition coefficient (Wildman–Crippen LogP) is 2.82. The van der Waals surface area contributed by atoms with Crippen LogP contribution in [0.1, 0.15) is 11.9 Å². The zero-order valence-corrected chi connectivity index (χ0v) is 12.5. The fourth-order valence-electron chi connectivity index (χ4n) is 2.09. The van der Waals surface area contributed by atoms with Crippen molar-refractivity contribution in [1.29, 1.82) is 0 Å². The van der Waals surface area contributed by atoms with Crippen LogP contribution in [0.4, 0.5) is 0 Å². The summed E-state index contributed by atoms with van der Waals surface area (Å²) in [5, 5.41) is 13.8. The molecule has 1 atom stereocenters. The van der Waals surface area contributed by atoms with Crippen molar-refractivity contribution in [3.05, 3.63) is 29.0 Å². The summed E-state index contributed by atoms with van der Waals surface area (Å²) < 4.78 is 5.31. The topological polar surface area (TPSA) is 62.4 Å². The summed E-state index contributed by atoms with van der Waals surface area (Å²) in [5.41, 5.74) is 0.706. The van der Waals surface area contributed by atoms with Crippen molar-refractivity contribution in [3.8, 4) is 17.2 Å². The highest BCUT2D eigenvalue weighted by molar-refractivity contribution is 7.99. The SMILES string of the molecule is CN1CCSCC1c1noc(-c2ccc(O)c(Cl)c2)n1. The van der Waals surface area contributed by atoms with E-state index in [9.17, 15) is 5.11 Å². The molecule has 0 bridgehead atoms. The van der Waals surface area contributed by atoms with Crippen LogP contribution in [-0.4, -0.2) is 45.2 Å². The maximum Gasteiger partial charge on any atom is 0.258 e. The van der Waals surface area contributed by atoms with Gasteiger partial charge in [0.25, 0.3) is 5.89 Å². The van der Waals surface area contributed by atoms with Crippen LogP contribution in [0.25, 0.3) is 11.5 Å². The molecule has 1 fully saturated rings. The molecule has 1 aliphatic heterocycles. The average molecular weight is 312 g/mol. The van der Waals surface area contributed by atoms with Gasteiger partial charge in [0.05, 0.1) is 11.1 Å². The molecule has 1 unspecified atom stereocenters. The van der Waals surface area contributed by atoms with E-state index in [4.69, 9.17) is 16.1 Å². The van der Waals surface area contributed by atoms with E-state index in [1.54, 1.807) is 12.1 Å². The molecule has 1 N–H and O–H groups in total. The highest BCUT2D eigenvalue weighted by Gasteiger charge is 2.26. The quantitative estimate of drug-likeness (QED) is 0.920. The van der Waals surface area contributed by atoms with E-state index in [-0.39, 0.29) is 16.8 Å². The van der Waals surface area contributed by atoms with Crippen molar-refractivity contribution in [1.82, 2.24) is 15.0 Å². The average Bonchev–Trinajstić information content (AvgIpc) is 2.92. The molecule has 3 rings (SSSR count). The smallest absolute Gasteiger partial charge is 0.258 e. The molecule has 2 heterocycles. The minimum Gasteiger partial charge on any atom is -0.506 e. The number of phenols is 1. The summed E-state index contributed by atoms with van der Waals surface area (Å²) in [5.74, 6) is 3.25. The van der Waals surface area contributed by atoms with Gasteiger partial charge in [-0.05, 0) is 25.2 Å². The van der Waals surface area contributed by atoms with E-state index in [0.717, 1.165) is 18.1 Å². The Morgan fingerprint density at radius 2 is 2.35 bits per heavy atom. The number of hydrogen-bond acceptors (Lipinski definition) is 6. The van der Waals surface area contributed by atoms with Gasteiger partial charge >= 0.3 is 0 Å². The fourth-order valence-corrected chi connectivity index (χ4v) is 3.48. The van der Waals surface area contributed by atoms with Crippen LogP contribution in [-0.2, 0) is 0 Å². The van der Waals surface area contributed by atoms with E-state index in [0.29, 0.717) is 17.3 Å². The number of aromatic hydroxyl groups is 1. The van der Waals surface area contributed by atoms with Gasteiger partial charge < -0.3 is 9.63 Å². The van der Waals surface area contributed by atoms with Crippen LogP contribution in [0.5, 0.6) is 5.75 Å². The molecule has 7 heteroatoms. The second-order valence-corrected chi connectivity index (χ2v) is 6.25. The van der Waals surface area contributed by atoms with E-state index < -0.39 is 0 Å². The monoisotopic (exact) mass is 311 g/mol. The van der Waals surface area contributed by atoms with Gasteiger partial charge in [-0.2, -0.15) is 16.7 Å². The van der Waals surface area contributed by atoms with Crippen LogP contribution in [0.15, 0.2) is 22.7 Å². The minimum atomic E-state index is 0.0403. The maximum atomic E-state index is 9.43. The van der Waals surface area contributed by atoms with Gasteiger partial charge in [0.1, 0.15) is 5.75 Å². The zero-order valence-electron chi connectivity index (χ0n) is 10.9. The molecule has 106 valence electrons. The third-order valence-electron chi connectivity index (χ3n) is 3.33. The van der Waals surface area contributed by atoms with Gasteiger partial charge in [0.15, 0.2) is 5.82 Å². The number of thioether (sulfide) groups is 1. The molecule has 0 spiro atoms. The summed E-state index contributed by atoms with van der Waals surface area (Å²) >= 11 is 7.78. The lowest BCUT2D eigenvalue weighted by molar-refractivity contribution is 0.257. The lowest BCUT2D eigenvalue weighted by Gasteiger charge is -2.29. The molecule has 1 aromatic carbocycles. The molecule has 0 aliphatic carbocycles. The Balaban J connectivity index is 1.87. The van der Waals surface area contributed by atoms with E-state index in [1.165, 1.54) is 6.07 Å². The normalized spacial score (nSPS) is 20.2. The number of aromatic nitrogens is 2. The standard InChI is InChI=1S/C13H14ClN3O2S/c1-17-4-5-20-7-10(17)12-15-13(19-16-12)8-2-3-11(18)9(14)6-8/h2-3,6,10,18H,4-5,7H2,1H3. The number of halogens is 1. The molecule has 0 radical (unpaired) electrons. The Morgan fingerprint density at radius 1 is 1.50 bits per heavy atom. The summed E-state index contributed by atoms with van der Waals surface area (Å²) in [6.45, 7) is 1.02. The van der Waals surface area contributed by atoms with Crippen LogP contribution < -0.4 is 0 Å². The molecule has 2 aromatic rings. The van der Waals surface area contributed by atoms with Crippen molar-refractivity contribution in [2.75, 3.05) is 25.1 Å². The largest absolute Gasteiger partial charge is 0.506 e. The van der Waals surface area contributed by atoms with Crippen molar-refractivity contribution in [3.63, 3.8) is 0 Å². The molecule has 1 saturated heterocycles. The van der Waals surface area contributed by atoms with E-state index >= 15 is 0 Å². The first kappa shape index (κ1) is 13.7. The van der Waals surface area contributed by atoms with Gasteiger partial charge in [-0.25, -0.2) is 0 Å². The molecular formula is C13H14ClN3O2S. The zero-order chi connectivity index (χ0) is 14.1. The molecule has 0 amide bonds. The minimum absolute atomic E-state index is 0.0403. The van der Waals surface area contributed by atoms with E-state index in [2.05, 4.69) is 22.1 Å². The fraction of sp³-hybridized carbons (Fsp3) is 0.385. The molecule has 20 heavy (non-hydrogen) atoms. The highest BCUT2D eigenvalue weighted by Crippen LogP contribution is 2.31. The predicted molar refractivity (Wildman–Crippen MR) is 79.1 cm³/mol. The van der Waals surface area contributed by atoms with Crippen LogP contribution >= 0.6 is 23.4 Å². The third-order valence-corrected chi connectivity index (χ3v) is 4.66. The van der Waals surface area contributed by atoms with Gasteiger partial charge in [0.2, 0.25) is 0 Å². The van der Waals surface area contributed by atoms with E-state index in [1.807, 2.05) is 11.8 Å². The lowest BCUT2D eigenvalue weighted by Crippen LogP contribution is -2.33. The molecule has 5 nitrogen and oxygen atoms in total. The van der Waals surface area contributed by atoms with Crippen molar-refractivity contribution >= 4 is 23.4 Å². The Kier molecular flexibility index (Phi) is 3.87. The van der Waals surface area contributed by atoms with Crippen LogP contribution in [0.3, 0.4) is 0 Å². The summed E-state index contributed by atoms with van der Waals surface area (Å²) in [7, 11) is 2.07. The summed E-state index contributed by atoms with van der Waals surface area (Å²) in [4.78, 5) is 6.68. The molecular weight excluding hydrogens is 298 g/mol. The second kappa shape index (κ2) is 5.63. The van der Waals surface area contributed by atoms with Crippen molar-refractivity contribution in [2.45, 2.75) is 6.04 Å². The number of phenolic OH excluding ortho intramolecular Hbond substituents is 1. The summed E-state index contributed by atoms with van der Waals surface area (Å²) in [6, 6.07) is 5.02. The van der Waals surface area contributed by atoms with Gasteiger partial charge in [-0.3, -0.25) is 4.90 Å². The van der Waals surface area contributed by atoms with Crippen molar-refractivity contribution in [2.24, 2.45) is 0 Å². The lowest BCUT2D eigenvalue weighted by atomic mass is 10.2. The number of hydrogen-bond donors (Lipinski definition) is 1. The first-order valence-corrected chi connectivity index (χ1v) is 7.79. The second-order valence-electron chi connectivity index (χ2n) is 4.70. The van der Waals surface area contributed by atoms with Crippen molar-refractivity contribution < 1.29 is 9.63 Å². The Bertz CT molecular complexity index is 619. The number of benzene rings is 1. The first-order chi connectivity index (χ1) is 9.65. The number of nitrogens with zero attached hydrogens (tertiary/aromatic N) is 3.